The van der Waals surface area contributed by atoms with Crippen molar-refractivity contribution in [2.24, 2.45) is 0 Å². The summed E-state index contributed by atoms with van der Waals surface area (Å²) in [4.78, 5) is 27.3. The van der Waals surface area contributed by atoms with Gasteiger partial charge in [0.15, 0.2) is 0 Å². The van der Waals surface area contributed by atoms with Crippen LogP contribution in [0.25, 0.3) is 0 Å². The minimum Gasteiger partial charge on any atom is -0.442 e. The molecule has 2 amide bonds. The Morgan fingerprint density at radius 2 is 1.82 bits per heavy atom. The van der Waals surface area contributed by atoms with E-state index < -0.39 is 17.3 Å². The number of nitrogens with one attached hydrogen (secondary N) is 1. The van der Waals surface area contributed by atoms with Crippen molar-refractivity contribution in [1.82, 2.24) is 10.2 Å². The zero-order valence-corrected chi connectivity index (χ0v) is 23.2. The van der Waals surface area contributed by atoms with Crippen molar-refractivity contribution < 1.29 is 24.2 Å². The molecule has 210 valence electrons. The first kappa shape index (κ1) is 27.7. The molecule has 5 rings (SSSR count). The highest BCUT2D eigenvalue weighted by molar-refractivity contribution is 5.81. The number of rotatable bonds is 8. The van der Waals surface area contributed by atoms with Crippen molar-refractivity contribution in [3.63, 3.8) is 0 Å². The van der Waals surface area contributed by atoms with E-state index in [1.165, 1.54) is 11.1 Å². The lowest BCUT2D eigenvalue weighted by atomic mass is 9.70. The maximum Gasteiger partial charge on any atom is 0.407 e. The van der Waals surface area contributed by atoms with Crippen LogP contribution in [0, 0.1) is 0 Å². The van der Waals surface area contributed by atoms with Crippen LogP contribution in [-0.2, 0) is 20.7 Å². The number of carbonyl (C=O) groups excluding carboxylic acids is 2. The third kappa shape index (κ3) is 6.64. The second kappa shape index (κ2) is 11.7. The lowest BCUT2D eigenvalue weighted by Crippen LogP contribution is -2.54. The SMILES string of the molecule is CC(C)(O)C[C@]1([C@@H](Cc2ccccc2)c2ccc(C3CCN(C(=O)[C@H]4CCCO4)CC3)cc2)CCNC(=O)O1. The van der Waals surface area contributed by atoms with Gasteiger partial charge in [-0.2, -0.15) is 0 Å². The van der Waals surface area contributed by atoms with Crippen molar-refractivity contribution in [1.29, 1.82) is 0 Å². The molecule has 2 aromatic rings. The number of hydrogen-bond acceptors (Lipinski definition) is 5. The second-order valence-electron chi connectivity index (χ2n) is 12.1. The molecule has 0 unspecified atom stereocenters. The van der Waals surface area contributed by atoms with Crippen LogP contribution in [0.2, 0.25) is 0 Å². The Hall–Kier alpha value is -2.90. The van der Waals surface area contributed by atoms with E-state index >= 15 is 0 Å². The predicted molar refractivity (Wildman–Crippen MR) is 150 cm³/mol. The van der Waals surface area contributed by atoms with Gasteiger partial charge in [0.25, 0.3) is 5.91 Å². The highest BCUT2D eigenvalue weighted by Crippen LogP contribution is 2.44. The van der Waals surface area contributed by atoms with Crippen LogP contribution in [0.15, 0.2) is 54.6 Å². The van der Waals surface area contributed by atoms with Gasteiger partial charge in [-0.05, 0) is 68.6 Å². The first-order chi connectivity index (χ1) is 18.7. The number of aliphatic hydroxyl groups is 1. The number of hydrogen-bond donors (Lipinski definition) is 2. The zero-order chi connectivity index (χ0) is 27.5. The summed E-state index contributed by atoms with van der Waals surface area (Å²) in [6.45, 7) is 6.30. The van der Waals surface area contributed by atoms with Crippen LogP contribution in [0.4, 0.5) is 4.79 Å². The van der Waals surface area contributed by atoms with Gasteiger partial charge in [0.05, 0.1) is 5.60 Å². The maximum absolute atomic E-state index is 12.8. The van der Waals surface area contributed by atoms with Gasteiger partial charge in [0.1, 0.15) is 11.7 Å². The molecular weight excluding hydrogens is 492 g/mol. The largest absolute Gasteiger partial charge is 0.442 e. The lowest BCUT2D eigenvalue weighted by molar-refractivity contribution is -0.142. The Kier molecular flexibility index (Phi) is 8.29. The van der Waals surface area contributed by atoms with Crippen molar-refractivity contribution in [2.45, 2.75) is 87.9 Å². The van der Waals surface area contributed by atoms with E-state index in [0.717, 1.165) is 44.3 Å². The van der Waals surface area contributed by atoms with Crippen LogP contribution >= 0.6 is 0 Å². The molecule has 0 saturated carbocycles. The summed E-state index contributed by atoms with van der Waals surface area (Å²) >= 11 is 0. The molecule has 0 spiro atoms. The van der Waals surface area contributed by atoms with Crippen molar-refractivity contribution in [2.75, 3.05) is 26.2 Å². The van der Waals surface area contributed by atoms with Crippen LogP contribution in [0.5, 0.6) is 0 Å². The van der Waals surface area contributed by atoms with Gasteiger partial charge in [0.2, 0.25) is 0 Å². The Bertz CT molecular complexity index is 1120. The van der Waals surface area contributed by atoms with E-state index in [1.807, 2.05) is 23.1 Å². The highest BCUT2D eigenvalue weighted by Gasteiger charge is 2.48. The summed E-state index contributed by atoms with van der Waals surface area (Å²) in [5, 5.41) is 13.7. The Morgan fingerprint density at radius 3 is 2.44 bits per heavy atom. The minimum absolute atomic E-state index is 0.114. The number of nitrogens with zero attached hydrogens (tertiary/aromatic N) is 1. The number of cyclic esters (lactones) is 1. The standard InChI is InChI=1S/C32H42N2O5/c1-31(2,37)22-32(16-17-33-30(36)39-32)27(21-23-7-4-3-5-8-23)26-12-10-24(11-13-26)25-14-18-34(19-15-25)29(35)28-9-6-20-38-28/h3-5,7-8,10-13,25,27-28,37H,6,9,14-22H2,1-2H3,(H,33,36)/t27-,28+,32-/m0/s1. The summed E-state index contributed by atoms with van der Waals surface area (Å²) in [6.07, 6.45) is 4.69. The van der Waals surface area contributed by atoms with Crippen LogP contribution < -0.4 is 5.32 Å². The van der Waals surface area contributed by atoms with Crippen molar-refractivity contribution >= 4 is 12.0 Å². The van der Waals surface area contributed by atoms with E-state index in [1.54, 1.807) is 13.8 Å². The molecule has 3 heterocycles. The molecule has 3 atom stereocenters. The summed E-state index contributed by atoms with van der Waals surface area (Å²) in [5.41, 5.74) is 1.72. The van der Waals surface area contributed by atoms with Crippen LogP contribution in [0.1, 0.15) is 80.9 Å². The fourth-order valence-corrected chi connectivity index (χ4v) is 6.74. The molecule has 7 heteroatoms. The monoisotopic (exact) mass is 534 g/mol. The van der Waals surface area contributed by atoms with Gasteiger partial charge in [-0.3, -0.25) is 4.79 Å². The molecule has 3 saturated heterocycles. The predicted octanol–water partition coefficient (Wildman–Crippen LogP) is 4.93. The first-order valence-electron chi connectivity index (χ1n) is 14.5. The third-order valence-corrected chi connectivity index (χ3v) is 8.59. The number of piperidine rings is 1. The van der Waals surface area contributed by atoms with E-state index in [2.05, 4.69) is 41.7 Å². The van der Waals surface area contributed by atoms with Crippen LogP contribution in [0.3, 0.4) is 0 Å². The van der Waals surface area contributed by atoms with Gasteiger partial charge >= 0.3 is 6.09 Å². The quantitative estimate of drug-likeness (QED) is 0.502. The fourth-order valence-electron chi connectivity index (χ4n) is 6.74. The molecule has 0 aromatic heterocycles. The van der Waals surface area contributed by atoms with E-state index in [-0.39, 0.29) is 17.9 Å². The number of benzene rings is 2. The summed E-state index contributed by atoms with van der Waals surface area (Å²) in [7, 11) is 0. The Morgan fingerprint density at radius 1 is 1.10 bits per heavy atom. The van der Waals surface area contributed by atoms with Crippen LogP contribution in [-0.4, -0.2) is 65.6 Å². The molecule has 0 bridgehead atoms. The van der Waals surface area contributed by atoms with E-state index in [0.29, 0.717) is 38.3 Å². The minimum atomic E-state index is -0.999. The molecule has 0 radical (unpaired) electrons. The highest BCUT2D eigenvalue weighted by atomic mass is 16.6. The maximum atomic E-state index is 12.8. The van der Waals surface area contributed by atoms with E-state index in [4.69, 9.17) is 9.47 Å². The van der Waals surface area contributed by atoms with Gasteiger partial charge in [-0.15, -0.1) is 0 Å². The molecule has 3 aliphatic heterocycles. The van der Waals surface area contributed by atoms with Crippen molar-refractivity contribution in [3.8, 4) is 0 Å². The molecule has 7 nitrogen and oxygen atoms in total. The third-order valence-electron chi connectivity index (χ3n) is 8.59. The molecule has 39 heavy (non-hydrogen) atoms. The van der Waals surface area contributed by atoms with Gasteiger partial charge in [0, 0.05) is 45.0 Å². The number of alkyl carbamates (subject to hydrolysis) is 1. The summed E-state index contributed by atoms with van der Waals surface area (Å²) in [6, 6.07) is 19.0. The Balaban J connectivity index is 1.36. The van der Waals surface area contributed by atoms with Gasteiger partial charge in [-0.25, -0.2) is 4.79 Å². The molecule has 2 N–H and O–H groups in total. The number of amides is 2. The topological polar surface area (TPSA) is 88.1 Å². The smallest absolute Gasteiger partial charge is 0.407 e. The molecule has 3 aliphatic rings. The Labute approximate surface area is 231 Å². The zero-order valence-electron chi connectivity index (χ0n) is 23.2. The number of ether oxygens (including phenoxy) is 2. The fraction of sp³-hybridized carbons (Fsp3) is 0.562. The van der Waals surface area contributed by atoms with Gasteiger partial charge < -0.3 is 24.8 Å². The lowest BCUT2D eigenvalue weighted by Gasteiger charge is -2.46. The van der Waals surface area contributed by atoms with Gasteiger partial charge in [-0.1, -0.05) is 54.6 Å². The molecular formula is C32H42N2O5. The average molecular weight is 535 g/mol. The number of likely N-dealkylation sites (tertiary alicyclic amines) is 1. The van der Waals surface area contributed by atoms with E-state index in [9.17, 15) is 14.7 Å². The average Bonchev–Trinajstić information content (AvgIpc) is 3.46. The second-order valence-corrected chi connectivity index (χ2v) is 12.1. The van der Waals surface area contributed by atoms with Crippen molar-refractivity contribution in [3.05, 3.63) is 71.3 Å². The molecule has 3 fully saturated rings. The normalized spacial score (nSPS) is 25.2. The number of carbonyl (C=O) groups is 2. The molecule has 0 aliphatic carbocycles. The molecule has 2 aromatic carbocycles. The summed E-state index contributed by atoms with van der Waals surface area (Å²) in [5.74, 6) is 0.443. The summed E-state index contributed by atoms with van der Waals surface area (Å²) < 4.78 is 11.7. The first-order valence-corrected chi connectivity index (χ1v) is 14.5.